The largest absolute Gasteiger partial charge is 0.508 e. The van der Waals surface area contributed by atoms with Crippen LogP contribution in [0.25, 0.3) is 0 Å². The Morgan fingerprint density at radius 2 is 2.07 bits per heavy atom. The molecule has 1 aromatic rings. The van der Waals surface area contributed by atoms with Gasteiger partial charge in [-0.1, -0.05) is 11.6 Å². The number of aromatic hydroxyl groups is 1. The molecule has 2 nitrogen and oxygen atoms in total. The minimum atomic E-state index is -0.887. The first-order valence-electron chi connectivity index (χ1n) is 3.98. The predicted molar refractivity (Wildman–Crippen MR) is 51.7 cm³/mol. The van der Waals surface area contributed by atoms with Crippen LogP contribution in [-0.2, 0) is 5.41 Å². The van der Waals surface area contributed by atoms with Crippen LogP contribution in [0.15, 0.2) is 12.1 Å². The van der Waals surface area contributed by atoms with Crippen molar-refractivity contribution in [3.05, 3.63) is 28.5 Å². The summed E-state index contributed by atoms with van der Waals surface area (Å²) in [6.07, 6.45) is 0. The third kappa shape index (κ3) is 1.80. The molecule has 0 amide bonds. The van der Waals surface area contributed by atoms with E-state index in [9.17, 15) is 9.50 Å². The van der Waals surface area contributed by atoms with Crippen molar-refractivity contribution < 1.29 is 9.50 Å². The topological polar surface area (TPSA) is 44.0 Å². The molecular weight excluding hydrogens is 205 g/mol. The van der Waals surface area contributed by atoms with Crippen molar-refractivity contribution >= 4 is 11.6 Å². The van der Waals surface area contributed by atoms with Crippen LogP contribution in [-0.4, -0.2) is 5.11 Å². The van der Waals surface area contributed by atoms with Crippen LogP contribution in [0.3, 0.4) is 0 Å². The van der Waals surface area contributed by atoms with E-state index in [-0.39, 0.29) is 10.8 Å². The highest BCUT2D eigenvalue weighted by molar-refractivity contribution is 6.30. The second kappa shape index (κ2) is 3.47. The van der Waals surface area contributed by atoms with Crippen molar-refractivity contribution in [2.24, 2.45) is 0 Å². The fourth-order valence-electron chi connectivity index (χ4n) is 1.10. The molecule has 74 valence electrons. The highest BCUT2D eigenvalue weighted by Gasteiger charge is 2.24. The van der Waals surface area contributed by atoms with E-state index in [0.717, 1.165) is 6.07 Å². The number of nitriles is 1. The summed E-state index contributed by atoms with van der Waals surface area (Å²) in [5.74, 6) is -0.944. The lowest BCUT2D eigenvalue weighted by atomic mass is 9.86. The van der Waals surface area contributed by atoms with Crippen molar-refractivity contribution in [3.63, 3.8) is 0 Å². The molecule has 0 unspecified atom stereocenters. The number of hydrogen-bond acceptors (Lipinski definition) is 2. The molecule has 0 aliphatic rings. The summed E-state index contributed by atoms with van der Waals surface area (Å²) in [7, 11) is 0. The van der Waals surface area contributed by atoms with Gasteiger partial charge in [0.15, 0.2) is 0 Å². The summed E-state index contributed by atoms with van der Waals surface area (Å²) in [6.45, 7) is 3.24. The Morgan fingerprint density at radius 3 is 2.57 bits per heavy atom. The normalized spacial score (nSPS) is 11.1. The lowest BCUT2D eigenvalue weighted by Crippen LogP contribution is -2.14. The first-order valence-corrected chi connectivity index (χ1v) is 4.36. The highest BCUT2D eigenvalue weighted by Crippen LogP contribution is 2.33. The monoisotopic (exact) mass is 213 g/mol. The van der Waals surface area contributed by atoms with Crippen molar-refractivity contribution in [3.8, 4) is 11.8 Å². The maximum Gasteiger partial charge on any atom is 0.145 e. The van der Waals surface area contributed by atoms with Crippen LogP contribution in [0, 0.1) is 17.1 Å². The van der Waals surface area contributed by atoms with Crippen molar-refractivity contribution in [2.75, 3.05) is 0 Å². The number of phenols is 1. The van der Waals surface area contributed by atoms with Crippen molar-refractivity contribution in [1.29, 1.82) is 5.26 Å². The summed E-state index contributed by atoms with van der Waals surface area (Å²) in [4.78, 5) is 0. The molecule has 0 saturated heterocycles. The van der Waals surface area contributed by atoms with Crippen LogP contribution in [0.2, 0.25) is 5.02 Å². The van der Waals surface area contributed by atoms with Gasteiger partial charge in [-0.2, -0.15) is 5.26 Å². The summed E-state index contributed by atoms with van der Waals surface area (Å²) >= 11 is 5.55. The highest BCUT2D eigenvalue weighted by atomic mass is 35.5. The zero-order chi connectivity index (χ0) is 10.9. The Bertz CT molecular complexity index is 409. The van der Waals surface area contributed by atoms with Crippen molar-refractivity contribution in [2.45, 2.75) is 19.3 Å². The van der Waals surface area contributed by atoms with Crippen LogP contribution < -0.4 is 0 Å². The first-order chi connectivity index (χ1) is 6.38. The van der Waals surface area contributed by atoms with Gasteiger partial charge in [-0.3, -0.25) is 0 Å². The molecule has 1 N–H and O–H groups in total. The molecule has 0 aromatic heterocycles. The van der Waals surface area contributed by atoms with Crippen LogP contribution in [0.1, 0.15) is 19.4 Å². The molecule has 0 atom stereocenters. The van der Waals surface area contributed by atoms with Gasteiger partial charge in [0.2, 0.25) is 0 Å². The quantitative estimate of drug-likeness (QED) is 0.780. The number of hydrogen-bond donors (Lipinski definition) is 1. The summed E-state index contributed by atoms with van der Waals surface area (Å²) in [6, 6.07) is 4.19. The van der Waals surface area contributed by atoms with Gasteiger partial charge < -0.3 is 5.11 Å². The van der Waals surface area contributed by atoms with Crippen LogP contribution in [0.4, 0.5) is 4.39 Å². The van der Waals surface area contributed by atoms with E-state index in [4.69, 9.17) is 16.9 Å². The van der Waals surface area contributed by atoms with E-state index in [1.165, 1.54) is 6.07 Å². The first kappa shape index (κ1) is 10.8. The number of nitrogens with zero attached hydrogens (tertiary/aromatic N) is 1. The molecular formula is C10H9ClFNO. The van der Waals surface area contributed by atoms with Gasteiger partial charge in [-0.25, -0.2) is 4.39 Å². The smallest absolute Gasteiger partial charge is 0.145 e. The molecule has 1 rings (SSSR count). The molecule has 0 aliphatic carbocycles. The standard InChI is InChI=1S/C10H9ClFNO/c1-10(2,5-13)6-3-7(11)8(12)4-9(6)14/h3-4,14H,1-2H3. The Morgan fingerprint density at radius 1 is 1.50 bits per heavy atom. The Hall–Kier alpha value is -1.27. The SMILES string of the molecule is CC(C)(C#N)c1cc(Cl)c(F)cc1O. The fraction of sp³-hybridized carbons (Fsp3) is 0.300. The summed E-state index contributed by atoms with van der Waals surface area (Å²) < 4.78 is 12.9. The molecule has 0 aliphatic heterocycles. The molecule has 0 bridgehead atoms. The molecule has 14 heavy (non-hydrogen) atoms. The second-order valence-corrected chi connectivity index (χ2v) is 3.93. The molecule has 0 saturated carbocycles. The molecule has 0 fully saturated rings. The summed E-state index contributed by atoms with van der Waals surface area (Å²) in [5, 5.41) is 18.2. The number of phenolic OH excluding ortho intramolecular Hbond substituents is 1. The number of rotatable bonds is 1. The van der Waals surface area contributed by atoms with Crippen LogP contribution in [0.5, 0.6) is 5.75 Å². The Kier molecular flexibility index (Phi) is 2.68. The minimum absolute atomic E-state index is 0.0962. The maximum atomic E-state index is 12.9. The third-order valence-electron chi connectivity index (χ3n) is 1.99. The van der Waals surface area contributed by atoms with E-state index >= 15 is 0 Å². The average molecular weight is 214 g/mol. The van der Waals surface area contributed by atoms with Gasteiger partial charge >= 0.3 is 0 Å². The third-order valence-corrected chi connectivity index (χ3v) is 2.28. The molecule has 0 radical (unpaired) electrons. The lowest BCUT2D eigenvalue weighted by molar-refractivity contribution is 0.451. The van der Waals surface area contributed by atoms with Gasteiger partial charge in [0.25, 0.3) is 0 Å². The Balaban J connectivity index is 3.38. The Labute approximate surface area is 86.5 Å². The van der Waals surface area contributed by atoms with Crippen LogP contribution >= 0.6 is 11.6 Å². The predicted octanol–water partition coefficient (Wildman–Crippen LogP) is 2.99. The van der Waals surface area contributed by atoms with Gasteiger partial charge in [0.05, 0.1) is 16.5 Å². The fourth-order valence-corrected chi connectivity index (χ4v) is 1.26. The molecule has 0 heterocycles. The van der Waals surface area contributed by atoms with Gasteiger partial charge in [0.1, 0.15) is 11.6 Å². The average Bonchev–Trinajstić information content (AvgIpc) is 2.11. The molecule has 1 aromatic carbocycles. The van der Waals surface area contributed by atoms with Crippen molar-refractivity contribution in [1.82, 2.24) is 0 Å². The molecule has 0 spiro atoms. The van der Waals surface area contributed by atoms with E-state index in [0.29, 0.717) is 5.56 Å². The number of halogens is 2. The molecule has 4 heteroatoms. The zero-order valence-electron chi connectivity index (χ0n) is 7.81. The van der Waals surface area contributed by atoms with Gasteiger partial charge in [-0.05, 0) is 19.9 Å². The zero-order valence-corrected chi connectivity index (χ0v) is 8.56. The van der Waals surface area contributed by atoms with E-state index in [1.807, 2.05) is 6.07 Å². The summed E-state index contributed by atoms with van der Waals surface area (Å²) in [5.41, 5.74) is -0.562. The van der Waals surface area contributed by atoms with E-state index < -0.39 is 11.2 Å². The second-order valence-electron chi connectivity index (χ2n) is 3.52. The maximum absolute atomic E-state index is 12.9. The van der Waals surface area contributed by atoms with E-state index in [1.54, 1.807) is 13.8 Å². The minimum Gasteiger partial charge on any atom is -0.508 e. The van der Waals surface area contributed by atoms with Gasteiger partial charge in [0, 0.05) is 11.6 Å². The number of benzene rings is 1. The lowest BCUT2D eigenvalue weighted by Gasteiger charge is -2.17. The van der Waals surface area contributed by atoms with E-state index in [2.05, 4.69) is 0 Å². The van der Waals surface area contributed by atoms with Gasteiger partial charge in [-0.15, -0.1) is 0 Å².